The molecule has 0 saturated heterocycles. The predicted octanol–water partition coefficient (Wildman–Crippen LogP) is 3.19. The Kier molecular flexibility index (Phi) is 5.01. The van der Waals surface area contributed by atoms with Crippen molar-refractivity contribution in [2.24, 2.45) is 11.5 Å². The van der Waals surface area contributed by atoms with Crippen molar-refractivity contribution in [3.05, 3.63) is 64.2 Å². The number of aryl methyl sites for hydroxylation is 1. The highest BCUT2D eigenvalue weighted by molar-refractivity contribution is 6.31. The van der Waals surface area contributed by atoms with Gasteiger partial charge in [0.2, 0.25) is 0 Å². The summed E-state index contributed by atoms with van der Waals surface area (Å²) in [7, 11) is 0. The van der Waals surface area contributed by atoms with E-state index in [1.165, 1.54) is 0 Å². The third-order valence-electron chi connectivity index (χ3n) is 3.18. The predicted molar refractivity (Wildman–Crippen MR) is 82.9 cm³/mol. The Hall–Kier alpha value is -1.55. The average molecular weight is 291 g/mol. The van der Waals surface area contributed by atoms with Crippen LogP contribution in [0.15, 0.2) is 42.5 Å². The quantitative estimate of drug-likeness (QED) is 0.889. The van der Waals surface area contributed by atoms with E-state index in [1.807, 2.05) is 49.4 Å². The summed E-state index contributed by atoms with van der Waals surface area (Å²) in [6.45, 7) is 2.78. The Morgan fingerprint density at radius 3 is 2.55 bits per heavy atom. The van der Waals surface area contributed by atoms with E-state index in [0.29, 0.717) is 18.2 Å². The van der Waals surface area contributed by atoms with E-state index in [0.717, 1.165) is 22.4 Å². The molecule has 1 atom stereocenters. The Balaban J connectivity index is 2.23. The minimum absolute atomic E-state index is 0.279. The normalized spacial score (nSPS) is 12.2. The molecule has 1 unspecified atom stereocenters. The number of rotatable bonds is 5. The molecule has 0 fully saturated rings. The van der Waals surface area contributed by atoms with Gasteiger partial charge >= 0.3 is 0 Å². The van der Waals surface area contributed by atoms with E-state index in [4.69, 9.17) is 27.8 Å². The van der Waals surface area contributed by atoms with E-state index in [2.05, 4.69) is 0 Å². The third-order valence-corrected chi connectivity index (χ3v) is 3.59. The van der Waals surface area contributed by atoms with Crippen molar-refractivity contribution in [3.63, 3.8) is 0 Å². The summed E-state index contributed by atoms with van der Waals surface area (Å²) in [5.41, 5.74) is 14.6. The highest BCUT2D eigenvalue weighted by Crippen LogP contribution is 2.30. The summed E-state index contributed by atoms with van der Waals surface area (Å²) in [6.07, 6.45) is 0. The first kappa shape index (κ1) is 14.9. The Labute approximate surface area is 124 Å². The van der Waals surface area contributed by atoms with Gasteiger partial charge in [0.15, 0.2) is 0 Å². The molecule has 0 aromatic heterocycles. The summed E-state index contributed by atoms with van der Waals surface area (Å²) >= 11 is 6.15. The van der Waals surface area contributed by atoms with E-state index in [-0.39, 0.29) is 6.04 Å². The lowest BCUT2D eigenvalue weighted by Crippen LogP contribution is -2.21. The largest absolute Gasteiger partial charge is 0.489 e. The smallest absolute Gasteiger partial charge is 0.124 e. The van der Waals surface area contributed by atoms with Crippen molar-refractivity contribution in [2.45, 2.75) is 19.6 Å². The molecule has 2 aromatic carbocycles. The van der Waals surface area contributed by atoms with Gasteiger partial charge < -0.3 is 16.2 Å². The van der Waals surface area contributed by atoms with Gasteiger partial charge in [0, 0.05) is 23.2 Å². The van der Waals surface area contributed by atoms with Crippen LogP contribution in [0.1, 0.15) is 22.7 Å². The molecule has 106 valence electrons. The summed E-state index contributed by atoms with van der Waals surface area (Å²) in [4.78, 5) is 0. The monoisotopic (exact) mass is 290 g/mol. The first-order valence-electron chi connectivity index (χ1n) is 6.54. The van der Waals surface area contributed by atoms with Gasteiger partial charge in [-0.3, -0.25) is 0 Å². The van der Waals surface area contributed by atoms with Crippen LogP contribution < -0.4 is 16.2 Å². The van der Waals surface area contributed by atoms with E-state index >= 15 is 0 Å². The van der Waals surface area contributed by atoms with Gasteiger partial charge in [-0.2, -0.15) is 0 Å². The van der Waals surface area contributed by atoms with Crippen LogP contribution >= 0.6 is 11.6 Å². The van der Waals surface area contributed by atoms with E-state index in [9.17, 15) is 0 Å². The zero-order valence-electron chi connectivity index (χ0n) is 11.5. The summed E-state index contributed by atoms with van der Waals surface area (Å²) in [5, 5.41) is 0.677. The molecule has 0 aliphatic rings. The van der Waals surface area contributed by atoms with E-state index in [1.54, 1.807) is 0 Å². The van der Waals surface area contributed by atoms with Crippen LogP contribution in [0.4, 0.5) is 0 Å². The molecule has 20 heavy (non-hydrogen) atoms. The molecule has 0 radical (unpaired) electrons. The Morgan fingerprint density at radius 2 is 1.90 bits per heavy atom. The fourth-order valence-electron chi connectivity index (χ4n) is 1.95. The van der Waals surface area contributed by atoms with Crippen molar-refractivity contribution in [1.82, 2.24) is 0 Å². The molecule has 2 aromatic rings. The van der Waals surface area contributed by atoms with Crippen LogP contribution in [0.25, 0.3) is 0 Å². The first-order chi connectivity index (χ1) is 9.61. The number of benzene rings is 2. The van der Waals surface area contributed by atoms with Gasteiger partial charge in [-0.15, -0.1) is 0 Å². The van der Waals surface area contributed by atoms with Gasteiger partial charge in [0.05, 0.1) is 0 Å². The lowest BCUT2D eigenvalue weighted by molar-refractivity contribution is 0.301. The molecule has 0 aliphatic carbocycles. The average Bonchev–Trinajstić information content (AvgIpc) is 2.48. The van der Waals surface area contributed by atoms with Crippen molar-refractivity contribution >= 4 is 11.6 Å². The van der Waals surface area contributed by atoms with Gasteiger partial charge in [-0.25, -0.2) is 0 Å². The molecule has 0 spiro atoms. The van der Waals surface area contributed by atoms with Crippen molar-refractivity contribution in [2.75, 3.05) is 6.54 Å². The van der Waals surface area contributed by atoms with Crippen LogP contribution in [-0.2, 0) is 6.61 Å². The zero-order chi connectivity index (χ0) is 14.5. The molecule has 0 aliphatic heterocycles. The zero-order valence-corrected chi connectivity index (χ0v) is 12.2. The van der Waals surface area contributed by atoms with Crippen LogP contribution in [0.5, 0.6) is 5.75 Å². The molecule has 0 amide bonds. The Morgan fingerprint density at radius 1 is 1.20 bits per heavy atom. The fraction of sp³-hybridized carbons (Fsp3) is 0.250. The molecular formula is C16H19ClN2O. The molecule has 0 saturated carbocycles. The molecule has 0 bridgehead atoms. The third kappa shape index (κ3) is 3.51. The molecule has 4 N–H and O–H groups in total. The number of ether oxygens (including phenoxy) is 1. The number of hydrogen-bond acceptors (Lipinski definition) is 3. The highest BCUT2D eigenvalue weighted by Gasteiger charge is 2.13. The molecular weight excluding hydrogens is 272 g/mol. The first-order valence-corrected chi connectivity index (χ1v) is 6.92. The van der Waals surface area contributed by atoms with Crippen molar-refractivity contribution in [3.8, 4) is 5.75 Å². The lowest BCUT2D eigenvalue weighted by Gasteiger charge is -2.17. The molecule has 0 heterocycles. The number of halogens is 1. The van der Waals surface area contributed by atoms with Gasteiger partial charge in [0.1, 0.15) is 12.4 Å². The van der Waals surface area contributed by atoms with Crippen LogP contribution in [0, 0.1) is 6.92 Å². The lowest BCUT2D eigenvalue weighted by atomic mass is 10.0. The van der Waals surface area contributed by atoms with Crippen LogP contribution in [0.2, 0.25) is 5.02 Å². The Bertz CT molecular complexity index is 572. The van der Waals surface area contributed by atoms with E-state index < -0.39 is 0 Å². The van der Waals surface area contributed by atoms with Crippen LogP contribution in [-0.4, -0.2) is 6.54 Å². The second-order valence-corrected chi connectivity index (χ2v) is 5.16. The van der Waals surface area contributed by atoms with Crippen LogP contribution in [0.3, 0.4) is 0 Å². The summed E-state index contributed by atoms with van der Waals surface area (Å²) in [5.74, 6) is 0.744. The maximum absolute atomic E-state index is 6.15. The second kappa shape index (κ2) is 6.75. The standard InChI is InChI=1S/C16H19ClN2O/c1-11-7-16(13(8-14(11)17)15(19)9-18)20-10-12-5-3-2-4-6-12/h2-8,15H,9-10,18-19H2,1H3. The minimum atomic E-state index is -0.279. The number of nitrogens with two attached hydrogens (primary N) is 2. The van der Waals surface area contributed by atoms with Gasteiger partial charge in [-0.05, 0) is 30.2 Å². The summed E-state index contributed by atoms with van der Waals surface area (Å²) in [6, 6.07) is 13.5. The second-order valence-electron chi connectivity index (χ2n) is 4.76. The van der Waals surface area contributed by atoms with Crippen molar-refractivity contribution in [1.29, 1.82) is 0 Å². The van der Waals surface area contributed by atoms with Crippen molar-refractivity contribution < 1.29 is 4.74 Å². The molecule has 4 heteroatoms. The topological polar surface area (TPSA) is 61.3 Å². The maximum atomic E-state index is 6.15. The number of hydrogen-bond donors (Lipinski definition) is 2. The SMILES string of the molecule is Cc1cc(OCc2ccccc2)c(C(N)CN)cc1Cl. The van der Waals surface area contributed by atoms with Gasteiger partial charge in [0.25, 0.3) is 0 Å². The molecule has 2 rings (SSSR count). The highest BCUT2D eigenvalue weighted by atomic mass is 35.5. The maximum Gasteiger partial charge on any atom is 0.124 e. The minimum Gasteiger partial charge on any atom is -0.489 e. The molecule has 3 nitrogen and oxygen atoms in total. The summed E-state index contributed by atoms with van der Waals surface area (Å²) < 4.78 is 5.89. The van der Waals surface area contributed by atoms with Gasteiger partial charge in [-0.1, -0.05) is 41.9 Å². The fourth-order valence-corrected chi connectivity index (χ4v) is 2.12.